The number of esters is 1. The molecule has 21 heavy (non-hydrogen) atoms. The second-order valence-electron chi connectivity index (χ2n) is 6.84. The summed E-state index contributed by atoms with van der Waals surface area (Å²) in [5.74, 6) is -0.0892. The van der Waals surface area contributed by atoms with Crippen LogP contribution in [0, 0.1) is 5.41 Å². The second-order valence-corrected chi connectivity index (χ2v) is 6.84. The molecule has 1 unspecified atom stereocenters. The monoisotopic (exact) mass is 289 g/mol. The second kappa shape index (κ2) is 6.61. The minimum absolute atomic E-state index is 0.0892. The summed E-state index contributed by atoms with van der Waals surface area (Å²) in [7, 11) is 0. The molecule has 1 atom stereocenters. The Labute approximate surface area is 128 Å². The predicted molar refractivity (Wildman–Crippen MR) is 84.9 cm³/mol. The zero-order valence-electron chi connectivity index (χ0n) is 13.4. The quantitative estimate of drug-likeness (QED) is 0.840. The number of hydrogen-bond acceptors (Lipinski definition) is 3. The molecule has 0 radical (unpaired) electrons. The average Bonchev–Trinajstić information content (AvgIpc) is 2.45. The first-order valence-electron chi connectivity index (χ1n) is 7.94. The highest BCUT2D eigenvalue weighted by Gasteiger charge is 2.46. The third-order valence-electron chi connectivity index (χ3n) is 4.38. The number of carbonyl (C=O) groups excluding carboxylic acids is 1. The third kappa shape index (κ3) is 4.07. The lowest BCUT2D eigenvalue weighted by Gasteiger charge is -2.43. The summed E-state index contributed by atoms with van der Waals surface area (Å²) in [5, 5.41) is 3.52. The fourth-order valence-corrected chi connectivity index (χ4v) is 3.40. The Morgan fingerprint density at radius 1 is 1.24 bits per heavy atom. The minimum Gasteiger partial charge on any atom is -0.465 e. The van der Waals surface area contributed by atoms with Gasteiger partial charge < -0.3 is 4.74 Å². The van der Waals surface area contributed by atoms with E-state index in [-0.39, 0.29) is 11.4 Å². The van der Waals surface area contributed by atoms with Crippen LogP contribution in [-0.2, 0) is 16.1 Å². The number of benzene rings is 1. The molecule has 116 valence electrons. The van der Waals surface area contributed by atoms with Crippen molar-refractivity contribution >= 4 is 5.97 Å². The Bertz CT molecular complexity index is 469. The molecule has 0 aromatic heterocycles. The van der Waals surface area contributed by atoms with Crippen molar-refractivity contribution in [1.29, 1.82) is 0 Å². The number of carbonyl (C=O) groups is 1. The molecular weight excluding hydrogens is 262 g/mol. The van der Waals surface area contributed by atoms with Gasteiger partial charge in [0, 0.05) is 6.54 Å². The van der Waals surface area contributed by atoms with Gasteiger partial charge in [-0.2, -0.15) is 0 Å². The van der Waals surface area contributed by atoms with E-state index in [1.807, 2.05) is 25.1 Å². The van der Waals surface area contributed by atoms with Gasteiger partial charge in [0.05, 0.1) is 6.61 Å². The highest BCUT2D eigenvalue weighted by Crippen LogP contribution is 2.41. The SMILES string of the molecule is CCOC(=O)C1(NCc2ccccc2)CCCC(C)(C)C1. The van der Waals surface area contributed by atoms with Gasteiger partial charge in [0.1, 0.15) is 5.54 Å². The number of nitrogens with one attached hydrogen (secondary N) is 1. The zero-order chi connectivity index (χ0) is 15.3. The summed E-state index contributed by atoms with van der Waals surface area (Å²) >= 11 is 0. The first-order chi connectivity index (χ1) is 9.97. The molecule has 0 bridgehead atoms. The topological polar surface area (TPSA) is 38.3 Å². The van der Waals surface area contributed by atoms with Crippen molar-refractivity contribution < 1.29 is 9.53 Å². The summed E-state index contributed by atoms with van der Waals surface area (Å²) < 4.78 is 5.37. The molecule has 3 nitrogen and oxygen atoms in total. The maximum Gasteiger partial charge on any atom is 0.326 e. The van der Waals surface area contributed by atoms with Gasteiger partial charge in [-0.05, 0) is 37.2 Å². The molecule has 1 saturated carbocycles. The molecule has 0 aliphatic heterocycles. The fourth-order valence-electron chi connectivity index (χ4n) is 3.40. The van der Waals surface area contributed by atoms with Gasteiger partial charge in [0.15, 0.2) is 0 Å². The number of rotatable bonds is 5. The molecule has 0 amide bonds. The van der Waals surface area contributed by atoms with Crippen LogP contribution in [0.15, 0.2) is 30.3 Å². The molecular formula is C18H27NO2. The normalized spacial score (nSPS) is 24.5. The van der Waals surface area contributed by atoms with Crippen molar-refractivity contribution in [3.8, 4) is 0 Å². The van der Waals surface area contributed by atoms with E-state index in [1.165, 1.54) is 12.0 Å². The molecule has 0 spiro atoms. The molecule has 1 aliphatic rings. The van der Waals surface area contributed by atoms with Crippen LogP contribution < -0.4 is 5.32 Å². The summed E-state index contributed by atoms with van der Waals surface area (Å²) in [4.78, 5) is 12.5. The molecule has 1 aliphatic carbocycles. The van der Waals surface area contributed by atoms with Crippen LogP contribution in [0.25, 0.3) is 0 Å². The van der Waals surface area contributed by atoms with E-state index in [2.05, 4.69) is 31.3 Å². The third-order valence-corrected chi connectivity index (χ3v) is 4.38. The van der Waals surface area contributed by atoms with Gasteiger partial charge in [-0.1, -0.05) is 50.6 Å². The van der Waals surface area contributed by atoms with Crippen LogP contribution in [-0.4, -0.2) is 18.1 Å². The lowest BCUT2D eigenvalue weighted by molar-refractivity contribution is -0.155. The summed E-state index contributed by atoms with van der Waals surface area (Å²) in [6.45, 7) is 7.50. The molecule has 3 heteroatoms. The van der Waals surface area contributed by atoms with Crippen LogP contribution in [0.3, 0.4) is 0 Å². The highest BCUT2D eigenvalue weighted by atomic mass is 16.5. The Morgan fingerprint density at radius 2 is 1.95 bits per heavy atom. The van der Waals surface area contributed by atoms with Crippen molar-refractivity contribution in [3.63, 3.8) is 0 Å². The first-order valence-corrected chi connectivity index (χ1v) is 7.94. The van der Waals surface area contributed by atoms with E-state index in [9.17, 15) is 4.79 Å². The average molecular weight is 289 g/mol. The maximum absolute atomic E-state index is 12.5. The summed E-state index contributed by atoms with van der Waals surface area (Å²) in [6.07, 6.45) is 3.93. The largest absolute Gasteiger partial charge is 0.465 e. The van der Waals surface area contributed by atoms with E-state index in [0.29, 0.717) is 13.2 Å². The Kier molecular flexibility index (Phi) is 5.04. The van der Waals surface area contributed by atoms with Crippen molar-refractivity contribution in [2.24, 2.45) is 5.41 Å². The van der Waals surface area contributed by atoms with E-state index >= 15 is 0 Å². The number of ether oxygens (including phenoxy) is 1. The van der Waals surface area contributed by atoms with Gasteiger partial charge in [-0.3, -0.25) is 10.1 Å². The minimum atomic E-state index is -0.534. The molecule has 2 rings (SSSR count). The van der Waals surface area contributed by atoms with Gasteiger partial charge >= 0.3 is 5.97 Å². The van der Waals surface area contributed by atoms with Crippen LogP contribution in [0.5, 0.6) is 0 Å². The first kappa shape index (κ1) is 16.0. The Hall–Kier alpha value is -1.35. The van der Waals surface area contributed by atoms with E-state index in [1.54, 1.807) is 0 Å². The summed E-state index contributed by atoms with van der Waals surface area (Å²) in [5.41, 5.74) is 0.840. The van der Waals surface area contributed by atoms with Crippen molar-refractivity contribution in [1.82, 2.24) is 5.32 Å². The van der Waals surface area contributed by atoms with Crippen molar-refractivity contribution in [2.45, 2.75) is 58.5 Å². The van der Waals surface area contributed by atoms with Crippen molar-refractivity contribution in [2.75, 3.05) is 6.61 Å². The lowest BCUT2D eigenvalue weighted by atomic mass is 9.68. The van der Waals surface area contributed by atoms with Gasteiger partial charge in [0.2, 0.25) is 0 Å². The zero-order valence-corrected chi connectivity index (χ0v) is 13.4. The smallest absolute Gasteiger partial charge is 0.326 e. The molecule has 1 N–H and O–H groups in total. The van der Waals surface area contributed by atoms with Gasteiger partial charge in [-0.15, -0.1) is 0 Å². The van der Waals surface area contributed by atoms with Gasteiger partial charge in [-0.25, -0.2) is 0 Å². The van der Waals surface area contributed by atoms with Gasteiger partial charge in [0.25, 0.3) is 0 Å². The molecule has 1 fully saturated rings. The van der Waals surface area contributed by atoms with E-state index in [0.717, 1.165) is 19.3 Å². The van der Waals surface area contributed by atoms with Crippen LogP contribution in [0.4, 0.5) is 0 Å². The van der Waals surface area contributed by atoms with Crippen molar-refractivity contribution in [3.05, 3.63) is 35.9 Å². The molecule has 0 saturated heterocycles. The molecule has 0 heterocycles. The number of hydrogen-bond donors (Lipinski definition) is 1. The molecule has 1 aromatic rings. The standard InChI is InChI=1S/C18H27NO2/c1-4-21-16(20)18(12-8-11-17(2,3)14-18)19-13-15-9-6-5-7-10-15/h5-7,9-10,19H,4,8,11-14H2,1-3H3. The lowest BCUT2D eigenvalue weighted by Crippen LogP contribution is -2.56. The van der Waals surface area contributed by atoms with Crippen LogP contribution in [0.1, 0.15) is 52.0 Å². The van der Waals surface area contributed by atoms with E-state index < -0.39 is 5.54 Å². The Balaban J connectivity index is 2.14. The predicted octanol–water partition coefficient (Wildman–Crippen LogP) is 3.68. The van der Waals surface area contributed by atoms with E-state index in [4.69, 9.17) is 4.74 Å². The fraction of sp³-hybridized carbons (Fsp3) is 0.611. The molecule has 1 aromatic carbocycles. The Morgan fingerprint density at radius 3 is 2.57 bits per heavy atom. The summed E-state index contributed by atoms with van der Waals surface area (Å²) in [6, 6.07) is 10.2. The van der Waals surface area contributed by atoms with Crippen LogP contribution in [0.2, 0.25) is 0 Å². The van der Waals surface area contributed by atoms with Crippen LogP contribution >= 0.6 is 0 Å². The maximum atomic E-state index is 12.5. The highest BCUT2D eigenvalue weighted by molar-refractivity contribution is 5.81.